The van der Waals surface area contributed by atoms with Crippen molar-refractivity contribution in [3.63, 3.8) is 0 Å². The molecule has 5 heteroatoms. The lowest BCUT2D eigenvalue weighted by atomic mass is 10.0. The molecule has 2 aromatic rings. The first kappa shape index (κ1) is 18.0. The summed E-state index contributed by atoms with van der Waals surface area (Å²) in [5.74, 6) is 0.731. The molecule has 1 aliphatic rings. The highest BCUT2D eigenvalue weighted by Crippen LogP contribution is 2.29. The van der Waals surface area contributed by atoms with E-state index >= 15 is 0 Å². The Kier molecular flexibility index (Phi) is 5.90. The number of halogens is 1. The highest BCUT2D eigenvalue weighted by atomic mass is 35.5. The fourth-order valence-corrected chi connectivity index (χ4v) is 3.18. The van der Waals surface area contributed by atoms with Gasteiger partial charge in [0.2, 0.25) is 0 Å². The molecule has 0 spiro atoms. The van der Waals surface area contributed by atoms with Gasteiger partial charge in [0, 0.05) is 13.1 Å². The summed E-state index contributed by atoms with van der Waals surface area (Å²) in [6, 6.07) is 20.5. The molecule has 0 atom stereocenters. The Labute approximate surface area is 158 Å². The van der Waals surface area contributed by atoms with E-state index in [9.17, 15) is 0 Å². The normalized spacial score (nSPS) is 13.9. The smallest absolute Gasteiger partial charge is 0.318 e. The number of nitrogens with zero attached hydrogens (tertiary/aromatic N) is 3. The number of allylic oxidation sites excluding steroid dienone is 3. The topological polar surface area (TPSA) is 48.9 Å². The molecule has 0 amide bonds. The quantitative estimate of drug-likeness (QED) is 0.548. The van der Waals surface area contributed by atoms with Gasteiger partial charge in [0.05, 0.1) is 12.8 Å². The van der Waals surface area contributed by atoms with E-state index in [0.717, 1.165) is 11.5 Å². The second-order valence-electron chi connectivity index (χ2n) is 6.06. The van der Waals surface area contributed by atoms with E-state index in [1.807, 2.05) is 42.5 Å². The Balaban J connectivity index is 1.98. The van der Waals surface area contributed by atoms with Crippen LogP contribution in [0.5, 0.6) is 0 Å². The van der Waals surface area contributed by atoms with Gasteiger partial charge in [-0.3, -0.25) is 0 Å². The van der Waals surface area contributed by atoms with Crippen LogP contribution in [0.2, 0.25) is 0 Å². The molecule has 0 unspecified atom stereocenters. The van der Waals surface area contributed by atoms with E-state index in [1.165, 1.54) is 11.1 Å². The first-order valence-corrected chi connectivity index (χ1v) is 8.77. The summed E-state index contributed by atoms with van der Waals surface area (Å²) in [4.78, 5) is 5.49. The summed E-state index contributed by atoms with van der Waals surface area (Å²) in [7, 11) is 1.63. The molecule has 4 nitrogen and oxygen atoms in total. The summed E-state index contributed by atoms with van der Waals surface area (Å²) in [6.07, 6.45) is 2.17. The minimum atomic E-state index is 0.359. The van der Waals surface area contributed by atoms with Gasteiger partial charge in [-0.2, -0.15) is 4.79 Å². The van der Waals surface area contributed by atoms with E-state index in [0.29, 0.717) is 30.3 Å². The van der Waals surface area contributed by atoms with Crippen LogP contribution in [0.4, 0.5) is 0 Å². The molecule has 1 aliphatic carbocycles. The predicted octanol–water partition coefficient (Wildman–Crippen LogP) is 4.74. The molecule has 0 heterocycles. The molecular formula is C21H20ClN3O. The van der Waals surface area contributed by atoms with Crippen molar-refractivity contribution >= 4 is 17.3 Å². The lowest BCUT2D eigenvalue weighted by Crippen LogP contribution is -2.26. The van der Waals surface area contributed by atoms with Gasteiger partial charge in [-0.1, -0.05) is 72.3 Å². The van der Waals surface area contributed by atoms with Gasteiger partial charge in [0.25, 0.3) is 0 Å². The van der Waals surface area contributed by atoms with Crippen LogP contribution >= 0.6 is 11.6 Å². The van der Waals surface area contributed by atoms with Gasteiger partial charge in [-0.15, -0.1) is 0 Å². The van der Waals surface area contributed by atoms with Crippen LogP contribution in [-0.4, -0.2) is 22.5 Å². The molecule has 26 heavy (non-hydrogen) atoms. The minimum absolute atomic E-state index is 0.359. The first-order chi connectivity index (χ1) is 12.7. The Morgan fingerprint density at radius 2 is 1.54 bits per heavy atom. The maximum atomic E-state index is 9.14. The molecule has 132 valence electrons. The van der Waals surface area contributed by atoms with Crippen LogP contribution in [0.3, 0.4) is 0 Å². The standard InChI is InChI=1S/C21H20ClN3O/c1-26-21-13-19(24-23)18(22)12-20(21)25(14-16-8-4-2-5-9-16)15-17-10-6-3-7-11-17/h2-12H,13-15H2,1H3. The maximum absolute atomic E-state index is 9.14. The number of rotatable bonds is 6. The second kappa shape index (κ2) is 8.52. The predicted molar refractivity (Wildman–Crippen MR) is 103 cm³/mol. The highest BCUT2D eigenvalue weighted by Gasteiger charge is 2.27. The molecule has 0 N–H and O–H groups in total. The van der Waals surface area contributed by atoms with Gasteiger partial charge in [0.15, 0.2) is 0 Å². The fourth-order valence-electron chi connectivity index (χ4n) is 2.97. The average molecular weight is 366 g/mol. The van der Waals surface area contributed by atoms with Crippen molar-refractivity contribution in [3.8, 4) is 0 Å². The maximum Gasteiger partial charge on any atom is 0.318 e. The van der Waals surface area contributed by atoms with Crippen molar-refractivity contribution in [1.29, 1.82) is 0 Å². The first-order valence-electron chi connectivity index (χ1n) is 8.39. The van der Waals surface area contributed by atoms with E-state index in [1.54, 1.807) is 7.11 Å². The van der Waals surface area contributed by atoms with Crippen LogP contribution in [0.15, 0.2) is 83.2 Å². The van der Waals surface area contributed by atoms with Crippen LogP contribution in [-0.2, 0) is 17.8 Å². The molecular weight excluding hydrogens is 346 g/mol. The van der Waals surface area contributed by atoms with Crippen molar-refractivity contribution in [3.05, 3.63) is 99.9 Å². The number of methoxy groups -OCH3 is 1. The zero-order chi connectivity index (χ0) is 18.4. The van der Waals surface area contributed by atoms with Crippen LogP contribution in [0, 0.1) is 0 Å². The molecule has 0 bridgehead atoms. The molecule has 2 aromatic carbocycles. The third-order valence-corrected chi connectivity index (χ3v) is 4.62. The zero-order valence-corrected chi connectivity index (χ0v) is 15.4. The van der Waals surface area contributed by atoms with E-state index in [-0.39, 0.29) is 0 Å². The number of hydrogen-bond donors (Lipinski definition) is 0. The second-order valence-corrected chi connectivity index (χ2v) is 6.46. The molecule has 0 saturated carbocycles. The molecule has 3 rings (SSSR count). The average Bonchev–Trinajstić information content (AvgIpc) is 2.69. The Morgan fingerprint density at radius 3 is 2.00 bits per heavy atom. The summed E-state index contributed by atoms with van der Waals surface area (Å²) < 4.78 is 5.58. The zero-order valence-electron chi connectivity index (χ0n) is 14.6. The largest absolute Gasteiger partial charge is 0.498 e. The summed E-state index contributed by atoms with van der Waals surface area (Å²) in [6.45, 7) is 1.42. The van der Waals surface area contributed by atoms with Crippen LogP contribution in [0.1, 0.15) is 17.5 Å². The Morgan fingerprint density at radius 1 is 1.00 bits per heavy atom. The van der Waals surface area contributed by atoms with E-state index < -0.39 is 0 Å². The summed E-state index contributed by atoms with van der Waals surface area (Å²) in [5, 5.41) is 0.425. The third-order valence-electron chi connectivity index (χ3n) is 4.29. The molecule has 0 radical (unpaired) electrons. The molecule has 0 aliphatic heterocycles. The van der Waals surface area contributed by atoms with Crippen molar-refractivity contribution in [1.82, 2.24) is 4.90 Å². The monoisotopic (exact) mass is 365 g/mol. The lowest BCUT2D eigenvalue weighted by Gasteiger charge is -2.29. The van der Waals surface area contributed by atoms with Gasteiger partial charge in [-0.05, 0) is 17.2 Å². The van der Waals surface area contributed by atoms with Gasteiger partial charge in [0.1, 0.15) is 17.2 Å². The van der Waals surface area contributed by atoms with Crippen molar-refractivity contribution in [2.45, 2.75) is 19.5 Å². The number of benzene rings is 2. The van der Waals surface area contributed by atoms with Crippen LogP contribution < -0.4 is 0 Å². The molecule has 0 aromatic heterocycles. The van der Waals surface area contributed by atoms with Gasteiger partial charge in [-0.25, -0.2) is 0 Å². The minimum Gasteiger partial charge on any atom is -0.498 e. The highest BCUT2D eigenvalue weighted by molar-refractivity contribution is 6.43. The van der Waals surface area contributed by atoms with Crippen molar-refractivity contribution in [2.75, 3.05) is 7.11 Å². The third kappa shape index (κ3) is 4.23. The molecule has 0 saturated heterocycles. The van der Waals surface area contributed by atoms with Crippen LogP contribution in [0.25, 0.3) is 5.53 Å². The Bertz CT molecular complexity index is 827. The summed E-state index contributed by atoms with van der Waals surface area (Å²) >= 11 is 6.30. The fraction of sp³-hybridized carbons (Fsp3) is 0.190. The van der Waals surface area contributed by atoms with Gasteiger partial charge < -0.3 is 15.2 Å². The lowest BCUT2D eigenvalue weighted by molar-refractivity contribution is -0.00727. The Hall–Kier alpha value is -2.81. The van der Waals surface area contributed by atoms with Crippen molar-refractivity contribution in [2.24, 2.45) is 0 Å². The van der Waals surface area contributed by atoms with Crippen molar-refractivity contribution < 1.29 is 9.53 Å². The van der Waals surface area contributed by atoms with Gasteiger partial charge >= 0.3 is 5.71 Å². The SMILES string of the molecule is COC1=C(N(Cc2ccccc2)Cc2ccccc2)C=C(Cl)C(=[N+]=[N-])C1. The summed E-state index contributed by atoms with van der Waals surface area (Å²) in [5.41, 5.74) is 12.8. The molecule has 0 fully saturated rings. The van der Waals surface area contributed by atoms with E-state index in [2.05, 4.69) is 34.0 Å². The van der Waals surface area contributed by atoms with E-state index in [4.69, 9.17) is 21.9 Å². The number of ether oxygens (including phenoxy) is 1. The number of hydrogen-bond acceptors (Lipinski definition) is 2.